The van der Waals surface area contributed by atoms with Crippen LogP contribution in [0.1, 0.15) is 40.5 Å². The lowest BCUT2D eigenvalue weighted by Crippen LogP contribution is -2.51. The van der Waals surface area contributed by atoms with E-state index in [1.54, 1.807) is 11.0 Å². The van der Waals surface area contributed by atoms with Crippen LogP contribution in [0.5, 0.6) is 0 Å². The number of rotatable bonds is 7. The van der Waals surface area contributed by atoms with Gasteiger partial charge in [-0.3, -0.25) is 4.79 Å². The number of hydrogen-bond donors (Lipinski definition) is 2. The highest BCUT2D eigenvalue weighted by Crippen LogP contribution is 2.14. The third kappa shape index (κ3) is 6.84. The molecule has 0 rings (SSSR count). The standard InChI is InChI=1S/C14H26N2O3/c1-6-8-16(14(3,4)5)13(19)15-10-11(7-2)9-12(17)18/h6,11H,1,7-10H2,2-5H3,(H,15,19)(H,17,18). The summed E-state index contributed by atoms with van der Waals surface area (Å²) in [5.74, 6) is -0.869. The monoisotopic (exact) mass is 270 g/mol. The van der Waals surface area contributed by atoms with Crippen molar-refractivity contribution in [3.63, 3.8) is 0 Å². The van der Waals surface area contributed by atoms with Crippen molar-refractivity contribution in [2.24, 2.45) is 5.92 Å². The van der Waals surface area contributed by atoms with Gasteiger partial charge in [0.15, 0.2) is 0 Å². The van der Waals surface area contributed by atoms with Crippen LogP contribution in [0.4, 0.5) is 4.79 Å². The van der Waals surface area contributed by atoms with Crippen LogP contribution in [0, 0.1) is 5.92 Å². The van der Waals surface area contributed by atoms with Crippen molar-refractivity contribution in [3.8, 4) is 0 Å². The molecule has 5 nitrogen and oxygen atoms in total. The maximum absolute atomic E-state index is 12.1. The second-order valence-corrected chi connectivity index (χ2v) is 5.63. The van der Waals surface area contributed by atoms with E-state index in [0.29, 0.717) is 13.1 Å². The Morgan fingerprint density at radius 3 is 2.37 bits per heavy atom. The van der Waals surface area contributed by atoms with Crippen LogP contribution in [-0.4, -0.2) is 40.6 Å². The number of urea groups is 1. The van der Waals surface area contributed by atoms with E-state index in [1.807, 2.05) is 27.7 Å². The van der Waals surface area contributed by atoms with Gasteiger partial charge < -0.3 is 15.3 Å². The third-order valence-electron chi connectivity index (χ3n) is 2.95. The molecule has 1 atom stereocenters. The lowest BCUT2D eigenvalue weighted by atomic mass is 10.0. The van der Waals surface area contributed by atoms with Gasteiger partial charge in [-0.15, -0.1) is 6.58 Å². The Morgan fingerprint density at radius 1 is 1.42 bits per heavy atom. The van der Waals surface area contributed by atoms with Crippen molar-refractivity contribution in [2.45, 2.75) is 46.1 Å². The number of carboxylic acids is 1. The highest BCUT2D eigenvalue weighted by atomic mass is 16.4. The Hall–Kier alpha value is -1.52. The van der Waals surface area contributed by atoms with Crippen molar-refractivity contribution in [1.82, 2.24) is 10.2 Å². The predicted octanol–water partition coefficient (Wildman–Crippen LogP) is 2.48. The van der Waals surface area contributed by atoms with E-state index >= 15 is 0 Å². The predicted molar refractivity (Wildman–Crippen MR) is 76.1 cm³/mol. The summed E-state index contributed by atoms with van der Waals surface area (Å²) in [5, 5.41) is 11.6. The molecule has 0 aliphatic heterocycles. The van der Waals surface area contributed by atoms with Gasteiger partial charge in [0.2, 0.25) is 0 Å². The van der Waals surface area contributed by atoms with E-state index in [9.17, 15) is 9.59 Å². The molecular weight excluding hydrogens is 244 g/mol. The zero-order chi connectivity index (χ0) is 15.1. The van der Waals surface area contributed by atoms with E-state index < -0.39 is 5.97 Å². The molecule has 0 heterocycles. The van der Waals surface area contributed by atoms with Crippen LogP contribution in [0.15, 0.2) is 12.7 Å². The number of nitrogens with one attached hydrogen (secondary N) is 1. The molecule has 5 heteroatoms. The van der Waals surface area contributed by atoms with Gasteiger partial charge in [-0.1, -0.05) is 19.4 Å². The fourth-order valence-corrected chi connectivity index (χ4v) is 1.73. The van der Waals surface area contributed by atoms with Gasteiger partial charge in [-0.25, -0.2) is 4.79 Å². The number of nitrogens with zero attached hydrogens (tertiary/aromatic N) is 1. The Labute approximate surface area is 115 Å². The molecule has 0 aromatic heterocycles. The summed E-state index contributed by atoms with van der Waals surface area (Å²) >= 11 is 0. The quantitative estimate of drug-likeness (QED) is 0.698. The molecule has 1 unspecified atom stereocenters. The largest absolute Gasteiger partial charge is 0.481 e. The molecule has 0 aliphatic rings. The number of carbonyl (C=O) groups excluding carboxylic acids is 1. The van der Waals surface area contributed by atoms with Crippen molar-refractivity contribution in [3.05, 3.63) is 12.7 Å². The van der Waals surface area contributed by atoms with Crippen LogP contribution < -0.4 is 5.32 Å². The molecule has 0 bridgehead atoms. The van der Waals surface area contributed by atoms with Gasteiger partial charge in [0.1, 0.15) is 0 Å². The summed E-state index contributed by atoms with van der Waals surface area (Å²) in [4.78, 5) is 24.5. The van der Waals surface area contributed by atoms with E-state index in [-0.39, 0.29) is 23.9 Å². The molecule has 0 radical (unpaired) electrons. The molecule has 0 aromatic rings. The van der Waals surface area contributed by atoms with Crippen molar-refractivity contribution in [2.75, 3.05) is 13.1 Å². The molecule has 0 fully saturated rings. The lowest BCUT2D eigenvalue weighted by Gasteiger charge is -2.35. The van der Waals surface area contributed by atoms with Gasteiger partial charge in [-0.05, 0) is 26.7 Å². The van der Waals surface area contributed by atoms with Gasteiger partial charge >= 0.3 is 12.0 Å². The molecule has 2 amide bonds. The molecular formula is C14H26N2O3. The Kier molecular flexibility index (Phi) is 7.19. The molecule has 19 heavy (non-hydrogen) atoms. The minimum Gasteiger partial charge on any atom is -0.481 e. The van der Waals surface area contributed by atoms with E-state index in [4.69, 9.17) is 5.11 Å². The highest BCUT2D eigenvalue weighted by Gasteiger charge is 2.25. The van der Waals surface area contributed by atoms with Gasteiger partial charge in [-0.2, -0.15) is 0 Å². The topological polar surface area (TPSA) is 69.6 Å². The van der Waals surface area contributed by atoms with E-state index in [2.05, 4.69) is 11.9 Å². The van der Waals surface area contributed by atoms with Crippen LogP contribution in [0.3, 0.4) is 0 Å². The molecule has 0 aromatic carbocycles. The lowest BCUT2D eigenvalue weighted by molar-refractivity contribution is -0.138. The molecule has 0 saturated heterocycles. The maximum atomic E-state index is 12.1. The maximum Gasteiger partial charge on any atom is 0.318 e. The number of carbonyl (C=O) groups is 2. The van der Waals surface area contributed by atoms with Gasteiger partial charge in [0.05, 0.1) is 0 Å². The van der Waals surface area contributed by atoms with Crippen molar-refractivity contribution < 1.29 is 14.7 Å². The van der Waals surface area contributed by atoms with Gasteiger partial charge in [0.25, 0.3) is 0 Å². The highest BCUT2D eigenvalue weighted by molar-refractivity contribution is 5.75. The molecule has 0 spiro atoms. The minimum absolute atomic E-state index is 0.0352. The number of amides is 2. The molecule has 0 aliphatic carbocycles. The first kappa shape index (κ1) is 17.5. The Morgan fingerprint density at radius 2 is 2.00 bits per heavy atom. The second kappa shape index (κ2) is 7.81. The smallest absolute Gasteiger partial charge is 0.318 e. The van der Waals surface area contributed by atoms with Crippen molar-refractivity contribution in [1.29, 1.82) is 0 Å². The average Bonchev–Trinajstić information content (AvgIpc) is 2.29. The van der Waals surface area contributed by atoms with Crippen LogP contribution in [-0.2, 0) is 4.79 Å². The van der Waals surface area contributed by atoms with Crippen LogP contribution in [0.2, 0.25) is 0 Å². The minimum atomic E-state index is -0.833. The first-order valence-corrected chi connectivity index (χ1v) is 6.60. The fourth-order valence-electron chi connectivity index (χ4n) is 1.73. The van der Waals surface area contributed by atoms with E-state index in [0.717, 1.165) is 6.42 Å². The normalized spacial score (nSPS) is 12.6. The third-order valence-corrected chi connectivity index (χ3v) is 2.95. The first-order valence-electron chi connectivity index (χ1n) is 6.60. The van der Waals surface area contributed by atoms with Crippen LogP contribution >= 0.6 is 0 Å². The molecule has 110 valence electrons. The number of aliphatic carboxylic acids is 1. The fraction of sp³-hybridized carbons (Fsp3) is 0.714. The average molecular weight is 270 g/mol. The zero-order valence-corrected chi connectivity index (χ0v) is 12.4. The summed E-state index contributed by atoms with van der Waals surface area (Å²) in [6, 6.07) is -0.184. The van der Waals surface area contributed by atoms with E-state index in [1.165, 1.54) is 0 Å². The van der Waals surface area contributed by atoms with Gasteiger partial charge in [0, 0.05) is 25.0 Å². The summed E-state index contributed by atoms with van der Waals surface area (Å²) in [5.41, 5.74) is -0.299. The first-order chi connectivity index (χ1) is 8.72. The Balaban J connectivity index is 4.48. The van der Waals surface area contributed by atoms with Crippen molar-refractivity contribution >= 4 is 12.0 Å². The molecule has 2 N–H and O–H groups in total. The zero-order valence-electron chi connectivity index (χ0n) is 12.4. The number of hydrogen-bond acceptors (Lipinski definition) is 2. The number of carboxylic acid groups (broad SMARTS) is 1. The Bertz CT molecular complexity index is 321. The van der Waals surface area contributed by atoms with Crippen LogP contribution in [0.25, 0.3) is 0 Å². The summed E-state index contributed by atoms with van der Waals surface area (Å²) in [6.07, 6.45) is 2.48. The summed E-state index contributed by atoms with van der Waals surface area (Å²) in [6.45, 7) is 12.3. The summed E-state index contributed by atoms with van der Waals surface area (Å²) < 4.78 is 0. The molecule has 0 saturated carbocycles. The second-order valence-electron chi connectivity index (χ2n) is 5.63. The summed E-state index contributed by atoms with van der Waals surface area (Å²) in [7, 11) is 0. The SMILES string of the molecule is C=CCN(C(=O)NCC(CC)CC(=O)O)C(C)(C)C.